The lowest BCUT2D eigenvalue weighted by molar-refractivity contribution is -0.0805. The molecule has 2 atom stereocenters. The largest absolute Gasteiger partial charge is 0.418 e. The van der Waals surface area contributed by atoms with Gasteiger partial charge in [0.1, 0.15) is 29.9 Å². The quantitative estimate of drug-likeness (QED) is 0.835. The molecule has 28 heavy (non-hydrogen) atoms. The van der Waals surface area contributed by atoms with Crippen molar-refractivity contribution in [3.05, 3.63) is 53.5 Å². The Balaban J connectivity index is 1.80. The van der Waals surface area contributed by atoms with Crippen molar-refractivity contribution in [2.45, 2.75) is 18.8 Å². The second kappa shape index (κ2) is 7.58. The Bertz CT molecular complexity index is 974. The van der Waals surface area contributed by atoms with Gasteiger partial charge in [0, 0.05) is 23.5 Å². The highest BCUT2D eigenvalue weighted by atomic mass is 19.1. The van der Waals surface area contributed by atoms with E-state index in [1.807, 2.05) is 6.07 Å². The molecule has 1 aliphatic rings. The summed E-state index contributed by atoms with van der Waals surface area (Å²) in [5, 5.41) is 11.1. The van der Waals surface area contributed by atoms with Gasteiger partial charge in [-0.1, -0.05) is 0 Å². The van der Waals surface area contributed by atoms with E-state index >= 15 is 0 Å². The molecule has 8 nitrogen and oxygen atoms in total. The molecule has 144 valence electrons. The van der Waals surface area contributed by atoms with Crippen LogP contribution in [0.2, 0.25) is 0 Å². The second-order valence-electron chi connectivity index (χ2n) is 6.08. The number of hydrogen-bond donors (Lipinski definition) is 2. The van der Waals surface area contributed by atoms with Crippen molar-refractivity contribution >= 4 is 17.6 Å². The number of amidine groups is 1. The Morgan fingerprint density at radius 2 is 2.25 bits per heavy atom. The van der Waals surface area contributed by atoms with E-state index in [-0.39, 0.29) is 29.6 Å². The van der Waals surface area contributed by atoms with Gasteiger partial charge < -0.3 is 15.2 Å². The first kappa shape index (κ1) is 19.2. The number of nitriles is 1. The molecule has 1 amide bonds. The third kappa shape index (κ3) is 3.89. The van der Waals surface area contributed by atoms with Gasteiger partial charge in [0.25, 0.3) is 0 Å². The van der Waals surface area contributed by atoms with Gasteiger partial charge in [-0.05, 0) is 31.2 Å². The van der Waals surface area contributed by atoms with Gasteiger partial charge in [-0.3, -0.25) is 10.3 Å². The number of anilines is 1. The molecule has 0 saturated carbocycles. The van der Waals surface area contributed by atoms with Crippen LogP contribution in [0.1, 0.15) is 18.1 Å². The monoisotopic (exact) mass is 387 g/mol. The van der Waals surface area contributed by atoms with Crippen molar-refractivity contribution in [2.75, 3.05) is 11.9 Å². The molecule has 2 unspecified atom stereocenters. The Morgan fingerprint density at radius 1 is 1.46 bits per heavy atom. The third-order valence-electron chi connectivity index (χ3n) is 4.02. The Hall–Kier alpha value is -3.58. The van der Waals surface area contributed by atoms with E-state index in [1.54, 1.807) is 0 Å². The number of pyridine rings is 1. The molecule has 1 aromatic carbocycles. The third-order valence-corrected chi connectivity index (χ3v) is 4.02. The minimum Gasteiger partial charge on any atom is -0.391 e. The summed E-state index contributed by atoms with van der Waals surface area (Å²) in [4.78, 5) is 19.8. The van der Waals surface area contributed by atoms with Gasteiger partial charge in [-0.2, -0.15) is 5.26 Å². The van der Waals surface area contributed by atoms with E-state index in [9.17, 15) is 13.6 Å². The number of nitrogens with two attached hydrogens (primary N) is 1. The fourth-order valence-electron chi connectivity index (χ4n) is 2.62. The molecule has 1 aromatic heterocycles. The van der Waals surface area contributed by atoms with Gasteiger partial charge in [0.05, 0.1) is 5.56 Å². The molecule has 3 rings (SSSR count). The number of aliphatic imine (C=N–C) groups is 1. The predicted molar refractivity (Wildman–Crippen MR) is 94.8 cm³/mol. The summed E-state index contributed by atoms with van der Waals surface area (Å²) >= 11 is 0. The number of halogens is 2. The number of amides is 1. The maximum Gasteiger partial charge on any atom is 0.418 e. The zero-order valence-electron chi connectivity index (χ0n) is 14.6. The van der Waals surface area contributed by atoms with E-state index in [0.29, 0.717) is 5.56 Å². The summed E-state index contributed by atoms with van der Waals surface area (Å²) in [7, 11) is 0. The highest BCUT2D eigenvalue weighted by Crippen LogP contribution is 2.37. The molecule has 0 spiro atoms. The lowest BCUT2D eigenvalue weighted by Gasteiger charge is -2.33. The highest BCUT2D eigenvalue weighted by molar-refractivity contribution is 5.86. The van der Waals surface area contributed by atoms with Crippen LogP contribution in [0, 0.1) is 17.1 Å². The fraction of sp³-hybridized carbons (Fsp3) is 0.222. The van der Waals surface area contributed by atoms with E-state index < -0.39 is 23.8 Å². The summed E-state index contributed by atoms with van der Waals surface area (Å²) in [5.74, 6) is -0.743. The molecule has 3 N–H and O–H groups in total. The van der Waals surface area contributed by atoms with Crippen molar-refractivity contribution in [1.29, 1.82) is 5.26 Å². The van der Waals surface area contributed by atoms with Crippen LogP contribution >= 0.6 is 0 Å². The van der Waals surface area contributed by atoms with Crippen LogP contribution in [0.4, 0.5) is 19.3 Å². The first-order valence-electron chi connectivity index (χ1n) is 8.06. The van der Waals surface area contributed by atoms with Crippen molar-refractivity contribution in [1.82, 2.24) is 4.98 Å². The molecule has 0 saturated heterocycles. The summed E-state index contributed by atoms with van der Waals surface area (Å²) < 4.78 is 38.6. The van der Waals surface area contributed by atoms with Crippen LogP contribution in [-0.2, 0) is 10.3 Å². The maximum atomic E-state index is 14.3. The number of ether oxygens (including phenoxy) is 2. The normalized spacial score (nSPS) is 21.4. The molecular weight excluding hydrogens is 372 g/mol. The SMILES string of the molecule is CC1(c2cc(NC(=O)Oc3ccc(C#N)cn3)ccc2F)N=C(N)COC1F. The Morgan fingerprint density at radius 3 is 2.93 bits per heavy atom. The second-order valence-corrected chi connectivity index (χ2v) is 6.08. The smallest absolute Gasteiger partial charge is 0.391 e. The predicted octanol–water partition coefficient (Wildman–Crippen LogP) is 2.60. The topological polar surface area (TPSA) is 123 Å². The lowest BCUT2D eigenvalue weighted by Crippen LogP contribution is -2.43. The molecule has 0 bridgehead atoms. The first-order chi connectivity index (χ1) is 13.3. The van der Waals surface area contributed by atoms with Gasteiger partial charge in [-0.25, -0.2) is 18.6 Å². The molecule has 0 radical (unpaired) electrons. The number of hydrogen-bond acceptors (Lipinski definition) is 7. The molecule has 2 aromatic rings. The summed E-state index contributed by atoms with van der Waals surface area (Å²) in [6.45, 7) is 1.14. The fourth-order valence-corrected chi connectivity index (χ4v) is 2.62. The standard InChI is InChI=1S/C18H15F2N5O3/c1-18(16(20)27-9-14(22)25-18)12-6-11(3-4-13(12)19)24-17(26)28-15-5-2-10(7-21)8-23-15/h2-6,8,16H,9H2,1H3,(H2,22,25)(H,24,26). The van der Waals surface area contributed by atoms with E-state index in [1.165, 1.54) is 37.4 Å². The molecule has 0 fully saturated rings. The highest BCUT2D eigenvalue weighted by Gasteiger charge is 2.42. The zero-order valence-corrected chi connectivity index (χ0v) is 14.6. The van der Waals surface area contributed by atoms with Gasteiger partial charge >= 0.3 is 6.09 Å². The molecule has 1 aliphatic heterocycles. The molecule has 2 heterocycles. The van der Waals surface area contributed by atoms with Crippen molar-refractivity contribution < 1.29 is 23.0 Å². The van der Waals surface area contributed by atoms with Crippen LogP contribution < -0.4 is 15.8 Å². The van der Waals surface area contributed by atoms with Crippen molar-refractivity contribution in [2.24, 2.45) is 10.7 Å². The Kier molecular flexibility index (Phi) is 5.19. The van der Waals surface area contributed by atoms with Gasteiger partial charge in [0.2, 0.25) is 12.2 Å². The molecular formula is C18H15F2N5O3. The minimum atomic E-state index is -1.92. The summed E-state index contributed by atoms with van der Waals surface area (Å²) in [5.41, 5.74) is 4.20. The zero-order chi connectivity index (χ0) is 20.3. The van der Waals surface area contributed by atoms with E-state index in [2.05, 4.69) is 15.3 Å². The number of carbonyl (C=O) groups excluding carboxylic acids is 1. The van der Waals surface area contributed by atoms with Crippen LogP contribution in [0.5, 0.6) is 5.88 Å². The summed E-state index contributed by atoms with van der Waals surface area (Å²) in [6, 6.07) is 8.22. The van der Waals surface area contributed by atoms with Crippen LogP contribution in [0.3, 0.4) is 0 Å². The van der Waals surface area contributed by atoms with E-state index in [4.69, 9.17) is 20.5 Å². The average molecular weight is 387 g/mol. The van der Waals surface area contributed by atoms with Crippen molar-refractivity contribution in [3.8, 4) is 11.9 Å². The Labute approximate surface area is 158 Å². The number of nitrogens with one attached hydrogen (secondary N) is 1. The average Bonchev–Trinajstić information content (AvgIpc) is 2.67. The van der Waals surface area contributed by atoms with Crippen molar-refractivity contribution in [3.63, 3.8) is 0 Å². The van der Waals surface area contributed by atoms with Crippen LogP contribution in [0.15, 0.2) is 41.5 Å². The van der Waals surface area contributed by atoms with Gasteiger partial charge in [-0.15, -0.1) is 0 Å². The minimum absolute atomic E-state index is 0.0282. The lowest BCUT2D eigenvalue weighted by atomic mass is 9.90. The van der Waals surface area contributed by atoms with E-state index in [0.717, 1.165) is 6.07 Å². The van der Waals surface area contributed by atoms with Crippen LogP contribution in [-0.4, -0.2) is 29.9 Å². The molecule has 0 aliphatic carbocycles. The molecule has 10 heteroatoms. The maximum absolute atomic E-state index is 14.3. The van der Waals surface area contributed by atoms with Gasteiger partial charge in [0.15, 0.2) is 0 Å². The first-order valence-corrected chi connectivity index (χ1v) is 8.06. The number of rotatable bonds is 3. The summed E-state index contributed by atoms with van der Waals surface area (Å²) in [6.07, 6.45) is -1.58. The number of nitrogens with zero attached hydrogens (tertiary/aromatic N) is 3. The number of alkyl halides is 1. The number of carbonyl (C=O) groups is 1. The van der Waals surface area contributed by atoms with Crippen LogP contribution in [0.25, 0.3) is 0 Å². The number of benzene rings is 1. The number of aromatic nitrogens is 1.